The molecule has 0 nitrogen and oxygen atoms in total. The first-order valence-electron chi connectivity index (χ1n) is 3.50. The number of hydrogen-bond acceptors (Lipinski definition) is 0. The Morgan fingerprint density at radius 3 is 0.625 bits per heavy atom. The average molecular weight is 157 g/mol. The van der Waals surface area contributed by atoms with E-state index in [1.165, 1.54) is 44.9 Å². The summed E-state index contributed by atoms with van der Waals surface area (Å²) in [6.07, 6.45) is 10.5. The van der Waals surface area contributed by atoms with Gasteiger partial charge in [0.25, 0.3) is 0 Å². The van der Waals surface area contributed by atoms with Crippen molar-refractivity contribution in [2.45, 2.75) is 44.9 Å². The molecule has 1 heteroatoms. The van der Waals surface area contributed by atoms with Crippen LogP contribution in [0.5, 0.6) is 0 Å². The standard InChI is InChI=1S/C7H14.Ni/c1-2-4-6-7-5-3-1;/h1-7H2;. The van der Waals surface area contributed by atoms with Gasteiger partial charge in [-0.05, 0) is 0 Å². The molecule has 1 aliphatic carbocycles. The average Bonchev–Trinajstić information content (AvgIpc) is 1.90. The van der Waals surface area contributed by atoms with E-state index in [4.69, 9.17) is 0 Å². The van der Waals surface area contributed by atoms with E-state index in [-0.39, 0.29) is 16.5 Å². The van der Waals surface area contributed by atoms with Gasteiger partial charge >= 0.3 is 0 Å². The Labute approximate surface area is 62.0 Å². The van der Waals surface area contributed by atoms with Crippen LogP contribution in [-0.4, -0.2) is 0 Å². The van der Waals surface area contributed by atoms with Crippen LogP contribution in [0.3, 0.4) is 0 Å². The van der Waals surface area contributed by atoms with Gasteiger partial charge in [0.05, 0.1) is 0 Å². The quantitative estimate of drug-likeness (QED) is 0.374. The maximum absolute atomic E-state index is 1.50. The molecule has 1 fully saturated rings. The third kappa shape index (κ3) is 3.49. The zero-order valence-corrected chi connectivity index (χ0v) is 6.25. The van der Waals surface area contributed by atoms with E-state index in [0.717, 1.165) is 0 Å². The number of hydrogen-bond donors (Lipinski definition) is 0. The first-order chi connectivity index (χ1) is 3.50. The Morgan fingerprint density at radius 1 is 0.375 bits per heavy atom. The summed E-state index contributed by atoms with van der Waals surface area (Å²) in [5, 5.41) is 0. The van der Waals surface area contributed by atoms with Gasteiger partial charge in [0, 0.05) is 16.5 Å². The molecule has 0 radical (unpaired) electrons. The van der Waals surface area contributed by atoms with Crippen LogP contribution in [0, 0.1) is 0 Å². The fraction of sp³-hybridized carbons (Fsp3) is 1.00. The second-order valence-corrected chi connectivity index (χ2v) is 2.47. The third-order valence-electron chi connectivity index (χ3n) is 1.75. The van der Waals surface area contributed by atoms with E-state index in [9.17, 15) is 0 Å². The SMILES string of the molecule is C1CCCCCC1.[Ni]. The van der Waals surface area contributed by atoms with Crippen LogP contribution in [0.1, 0.15) is 44.9 Å². The van der Waals surface area contributed by atoms with Crippen molar-refractivity contribution in [1.82, 2.24) is 0 Å². The van der Waals surface area contributed by atoms with Gasteiger partial charge in [0.15, 0.2) is 0 Å². The van der Waals surface area contributed by atoms with E-state index in [1.54, 1.807) is 0 Å². The minimum absolute atomic E-state index is 0. The van der Waals surface area contributed by atoms with Crippen molar-refractivity contribution in [1.29, 1.82) is 0 Å². The van der Waals surface area contributed by atoms with Crippen LogP contribution >= 0.6 is 0 Å². The molecule has 0 aromatic rings. The fourth-order valence-corrected chi connectivity index (χ4v) is 1.24. The van der Waals surface area contributed by atoms with Crippen molar-refractivity contribution in [2.75, 3.05) is 0 Å². The smallest absolute Gasteiger partial charge is 0 e. The van der Waals surface area contributed by atoms with Gasteiger partial charge in [-0.3, -0.25) is 0 Å². The van der Waals surface area contributed by atoms with Crippen LogP contribution < -0.4 is 0 Å². The normalized spacial score (nSPS) is 21.0. The summed E-state index contributed by atoms with van der Waals surface area (Å²) in [7, 11) is 0. The minimum Gasteiger partial charge on any atom is -0.0533 e. The van der Waals surface area contributed by atoms with E-state index >= 15 is 0 Å². The molecular formula is C7H14Ni. The molecular weight excluding hydrogens is 143 g/mol. The Morgan fingerprint density at radius 2 is 0.500 bits per heavy atom. The largest absolute Gasteiger partial charge is 0.0533 e. The molecule has 1 rings (SSSR count). The van der Waals surface area contributed by atoms with Gasteiger partial charge < -0.3 is 0 Å². The topological polar surface area (TPSA) is 0 Å². The van der Waals surface area contributed by atoms with Gasteiger partial charge in [0.1, 0.15) is 0 Å². The fourth-order valence-electron chi connectivity index (χ4n) is 1.24. The summed E-state index contributed by atoms with van der Waals surface area (Å²) in [6, 6.07) is 0. The molecule has 0 saturated heterocycles. The third-order valence-corrected chi connectivity index (χ3v) is 1.75. The molecule has 0 unspecified atom stereocenters. The summed E-state index contributed by atoms with van der Waals surface area (Å²) in [4.78, 5) is 0. The Bertz CT molecular complexity index is 24.0. The monoisotopic (exact) mass is 156 g/mol. The minimum atomic E-state index is 0. The maximum Gasteiger partial charge on any atom is 0 e. The first-order valence-corrected chi connectivity index (χ1v) is 3.50. The predicted molar refractivity (Wildman–Crippen MR) is 32.3 cm³/mol. The van der Waals surface area contributed by atoms with Gasteiger partial charge in [-0.1, -0.05) is 44.9 Å². The second kappa shape index (κ2) is 5.63. The molecule has 0 aromatic heterocycles. The van der Waals surface area contributed by atoms with E-state index in [1.807, 2.05) is 0 Å². The maximum atomic E-state index is 1.50. The molecule has 0 spiro atoms. The van der Waals surface area contributed by atoms with Crippen molar-refractivity contribution < 1.29 is 16.5 Å². The predicted octanol–water partition coefficient (Wildman–Crippen LogP) is 2.73. The summed E-state index contributed by atoms with van der Waals surface area (Å²) in [5.74, 6) is 0. The molecule has 1 saturated carbocycles. The first kappa shape index (κ1) is 8.49. The van der Waals surface area contributed by atoms with Crippen LogP contribution in [0.15, 0.2) is 0 Å². The second-order valence-electron chi connectivity index (χ2n) is 2.47. The van der Waals surface area contributed by atoms with Crippen molar-refractivity contribution in [3.8, 4) is 0 Å². The van der Waals surface area contributed by atoms with Crippen molar-refractivity contribution in [2.24, 2.45) is 0 Å². The van der Waals surface area contributed by atoms with Crippen molar-refractivity contribution >= 4 is 0 Å². The Balaban J connectivity index is 0.000000490. The molecule has 0 amide bonds. The molecule has 0 atom stereocenters. The van der Waals surface area contributed by atoms with Crippen molar-refractivity contribution in [3.05, 3.63) is 0 Å². The molecule has 0 bridgehead atoms. The van der Waals surface area contributed by atoms with E-state index < -0.39 is 0 Å². The summed E-state index contributed by atoms with van der Waals surface area (Å²) >= 11 is 0. The van der Waals surface area contributed by atoms with E-state index in [2.05, 4.69) is 0 Å². The van der Waals surface area contributed by atoms with Gasteiger partial charge in [-0.2, -0.15) is 0 Å². The summed E-state index contributed by atoms with van der Waals surface area (Å²) in [6.45, 7) is 0. The number of rotatable bonds is 0. The van der Waals surface area contributed by atoms with Gasteiger partial charge in [-0.25, -0.2) is 0 Å². The molecule has 0 N–H and O–H groups in total. The molecule has 0 aliphatic heterocycles. The zero-order valence-electron chi connectivity index (χ0n) is 5.27. The van der Waals surface area contributed by atoms with E-state index in [0.29, 0.717) is 0 Å². The van der Waals surface area contributed by atoms with Crippen LogP contribution in [0.4, 0.5) is 0 Å². The Hall–Kier alpha value is 0.494. The molecule has 8 heavy (non-hydrogen) atoms. The Kier molecular flexibility index (Phi) is 5.97. The van der Waals surface area contributed by atoms with Gasteiger partial charge in [-0.15, -0.1) is 0 Å². The van der Waals surface area contributed by atoms with Crippen LogP contribution in [0.2, 0.25) is 0 Å². The molecule has 0 heterocycles. The van der Waals surface area contributed by atoms with Gasteiger partial charge in [0.2, 0.25) is 0 Å². The molecule has 1 aliphatic rings. The molecule has 0 aromatic carbocycles. The van der Waals surface area contributed by atoms with Crippen molar-refractivity contribution in [3.63, 3.8) is 0 Å². The summed E-state index contributed by atoms with van der Waals surface area (Å²) in [5.41, 5.74) is 0. The summed E-state index contributed by atoms with van der Waals surface area (Å²) < 4.78 is 0. The van der Waals surface area contributed by atoms with Crippen LogP contribution in [-0.2, 0) is 16.5 Å². The molecule has 52 valence electrons. The zero-order chi connectivity index (χ0) is 4.95. The van der Waals surface area contributed by atoms with Crippen LogP contribution in [0.25, 0.3) is 0 Å².